The molecule has 0 spiro atoms. The van der Waals surface area contributed by atoms with Gasteiger partial charge in [0.25, 0.3) is 30.4 Å². The number of hydrogen-bond donors (Lipinski definition) is 7. The fourth-order valence-electron chi connectivity index (χ4n) is 5.72. The summed E-state index contributed by atoms with van der Waals surface area (Å²) >= 11 is 0. The second-order valence-electron chi connectivity index (χ2n) is 14.2. The standard InChI is InChI=1S/C34H34N2O13S3/c1-33(2,3)16-7-9-18(23(13-16)50(41,42)43)35-20-11-12-21(36-19-10-8-17(34(4,5)6)14-24(19)51(44,45)46)27-26(20)31(39)28-22(37)15-25(52(47,48)49)30(38)29(28)32(27)40/h7-15,35-38H,1-6H3,(H,41,42,43)(H,44,45,46)(H,47,48,49). The Hall–Kier alpha value is -4.85. The molecule has 7 N–H and O–H groups in total. The Morgan fingerprint density at radius 1 is 0.481 bits per heavy atom. The van der Waals surface area contributed by atoms with Gasteiger partial charge in [-0.05, 0) is 58.4 Å². The van der Waals surface area contributed by atoms with E-state index in [9.17, 15) is 58.7 Å². The summed E-state index contributed by atoms with van der Waals surface area (Å²) in [5.74, 6) is -4.97. The van der Waals surface area contributed by atoms with Gasteiger partial charge in [-0.1, -0.05) is 53.7 Å². The maximum Gasteiger partial charge on any atom is 0.298 e. The predicted octanol–water partition coefficient (Wildman–Crippen LogP) is 5.70. The average Bonchev–Trinajstić information content (AvgIpc) is 2.99. The molecule has 0 heterocycles. The molecule has 15 nitrogen and oxygen atoms in total. The van der Waals surface area contributed by atoms with Gasteiger partial charge in [-0.25, -0.2) is 0 Å². The first-order valence-electron chi connectivity index (χ1n) is 15.2. The Kier molecular flexibility index (Phi) is 9.14. The van der Waals surface area contributed by atoms with Crippen LogP contribution in [0.5, 0.6) is 11.5 Å². The average molecular weight is 775 g/mol. The first-order valence-corrected chi connectivity index (χ1v) is 19.5. The van der Waals surface area contributed by atoms with Crippen molar-refractivity contribution in [2.45, 2.75) is 67.1 Å². The van der Waals surface area contributed by atoms with Crippen molar-refractivity contribution < 1.29 is 58.7 Å². The number of benzene rings is 4. The van der Waals surface area contributed by atoms with Crippen LogP contribution in [-0.2, 0) is 41.2 Å². The summed E-state index contributed by atoms with van der Waals surface area (Å²) in [7, 11) is -15.1. The number of carbonyl (C=O) groups excluding carboxylic acids is 2. The SMILES string of the molecule is CC(C)(C)c1ccc(Nc2ccc(Nc3ccc(C(C)(C)C)cc3S(=O)(=O)O)c3c2C(=O)c2c(O)cc(S(=O)(=O)O)c(O)c2C3=O)c(S(=O)(=O)O)c1. The van der Waals surface area contributed by atoms with E-state index >= 15 is 0 Å². The highest BCUT2D eigenvalue weighted by Crippen LogP contribution is 2.46. The molecular weight excluding hydrogens is 741 g/mol. The normalized spacial score (nSPS) is 13.8. The van der Waals surface area contributed by atoms with E-state index in [1.807, 2.05) is 0 Å². The van der Waals surface area contributed by atoms with Crippen LogP contribution < -0.4 is 10.6 Å². The third-order valence-corrected chi connectivity index (χ3v) is 11.1. The van der Waals surface area contributed by atoms with Crippen LogP contribution in [0.3, 0.4) is 0 Å². The van der Waals surface area contributed by atoms with Crippen LogP contribution in [0.25, 0.3) is 0 Å². The molecule has 0 radical (unpaired) electrons. The van der Waals surface area contributed by atoms with Crippen LogP contribution in [0.2, 0.25) is 0 Å². The van der Waals surface area contributed by atoms with Crippen LogP contribution in [0.15, 0.2) is 69.3 Å². The molecule has 18 heteroatoms. The van der Waals surface area contributed by atoms with Crippen molar-refractivity contribution in [1.82, 2.24) is 0 Å². The third kappa shape index (κ3) is 7.00. The lowest BCUT2D eigenvalue weighted by Crippen LogP contribution is -2.25. The van der Waals surface area contributed by atoms with Gasteiger partial charge in [0.2, 0.25) is 11.6 Å². The van der Waals surface area contributed by atoms with Gasteiger partial charge in [-0.3, -0.25) is 23.2 Å². The van der Waals surface area contributed by atoms with Gasteiger partial charge in [0, 0.05) is 6.07 Å². The van der Waals surface area contributed by atoms with Crippen LogP contribution in [0, 0.1) is 0 Å². The summed E-state index contributed by atoms with van der Waals surface area (Å²) < 4.78 is 104. The van der Waals surface area contributed by atoms with Crippen molar-refractivity contribution in [2.24, 2.45) is 0 Å². The van der Waals surface area contributed by atoms with Crippen molar-refractivity contribution in [3.63, 3.8) is 0 Å². The molecule has 1 aliphatic rings. The molecule has 4 aromatic carbocycles. The Balaban J connectivity index is 1.82. The highest BCUT2D eigenvalue weighted by molar-refractivity contribution is 7.86. The van der Waals surface area contributed by atoms with Gasteiger partial charge in [0.05, 0.1) is 45.0 Å². The molecule has 0 atom stereocenters. The summed E-state index contributed by atoms with van der Waals surface area (Å²) in [5.41, 5.74) is -4.29. The number of ketones is 2. The maximum absolute atomic E-state index is 14.3. The lowest BCUT2D eigenvalue weighted by Gasteiger charge is -2.26. The first kappa shape index (κ1) is 38.4. The van der Waals surface area contributed by atoms with E-state index in [0.29, 0.717) is 17.2 Å². The minimum absolute atomic E-state index is 0.246. The van der Waals surface area contributed by atoms with Crippen LogP contribution in [-0.4, -0.2) is 60.7 Å². The summed E-state index contributed by atoms with van der Waals surface area (Å²) in [6.07, 6.45) is 0. The van der Waals surface area contributed by atoms with E-state index in [1.54, 1.807) is 53.7 Å². The smallest absolute Gasteiger partial charge is 0.298 e. The number of hydrogen-bond acceptors (Lipinski definition) is 12. The number of anilines is 4. The van der Waals surface area contributed by atoms with Crippen molar-refractivity contribution in [1.29, 1.82) is 0 Å². The van der Waals surface area contributed by atoms with E-state index in [-0.39, 0.29) is 22.7 Å². The predicted molar refractivity (Wildman–Crippen MR) is 189 cm³/mol. The lowest BCUT2D eigenvalue weighted by atomic mass is 9.81. The van der Waals surface area contributed by atoms with Gasteiger partial charge in [0.15, 0.2) is 0 Å². The quantitative estimate of drug-likeness (QED) is 0.0773. The fourth-order valence-corrected chi connectivity index (χ4v) is 7.67. The Bertz CT molecular complexity index is 2570. The van der Waals surface area contributed by atoms with E-state index < -0.39 is 101 Å². The number of aromatic hydroxyl groups is 2. The van der Waals surface area contributed by atoms with Crippen molar-refractivity contribution in [3.05, 3.63) is 88.0 Å². The van der Waals surface area contributed by atoms with Gasteiger partial charge >= 0.3 is 0 Å². The number of phenols is 2. The van der Waals surface area contributed by atoms with Crippen molar-refractivity contribution in [3.8, 4) is 11.5 Å². The summed E-state index contributed by atoms with van der Waals surface area (Å²) in [5, 5.41) is 27.1. The molecule has 0 bridgehead atoms. The zero-order chi connectivity index (χ0) is 39.1. The topological polar surface area (TPSA) is 262 Å². The zero-order valence-corrected chi connectivity index (χ0v) is 30.9. The molecule has 276 valence electrons. The molecule has 52 heavy (non-hydrogen) atoms. The number of carbonyl (C=O) groups is 2. The zero-order valence-electron chi connectivity index (χ0n) is 28.4. The Morgan fingerprint density at radius 2 is 0.827 bits per heavy atom. The van der Waals surface area contributed by atoms with Crippen LogP contribution in [0.1, 0.15) is 84.5 Å². The second-order valence-corrected chi connectivity index (χ2v) is 18.3. The second kappa shape index (κ2) is 12.4. The minimum Gasteiger partial charge on any atom is -0.507 e. The lowest BCUT2D eigenvalue weighted by molar-refractivity contribution is 0.0974. The molecule has 0 saturated heterocycles. The number of rotatable bonds is 7. The monoisotopic (exact) mass is 774 g/mol. The molecule has 0 saturated carbocycles. The first-order chi connectivity index (χ1) is 23.6. The minimum atomic E-state index is -5.26. The number of fused-ring (bicyclic) bond motifs is 2. The van der Waals surface area contributed by atoms with E-state index in [1.165, 1.54) is 36.4 Å². The maximum atomic E-state index is 14.3. The van der Waals surface area contributed by atoms with Gasteiger partial charge in [-0.15, -0.1) is 0 Å². The molecule has 0 fully saturated rings. The molecular formula is C34H34N2O13S3. The summed E-state index contributed by atoms with van der Waals surface area (Å²) in [6.45, 7) is 10.8. The number of nitrogens with one attached hydrogen (secondary N) is 2. The molecule has 4 aromatic rings. The van der Waals surface area contributed by atoms with Crippen LogP contribution in [0.4, 0.5) is 22.7 Å². The van der Waals surface area contributed by atoms with Gasteiger partial charge in [-0.2, -0.15) is 25.3 Å². The molecule has 1 aliphatic carbocycles. The molecule has 0 aromatic heterocycles. The molecule has 0 unspecified atom stereocenters. The Labute approximate surface area is 299 Å². The Morgan fingerprint density at radius 3 is 1.17 bits per heavy atom. The molecule has 0 amide bonds. The van der Waals surface area contributed by atoms with Crippen LogP contribution >= 0.6 is 0 Å². The highest BCUT2D eigenvalue weighted by atomic mass is 32.2. The summed E-state index contributed by atoms with van der Waals surface area (Å²) in [4.78, 5) is 26.0. The van der Waals surface area contributed by atoms with Gasteiger partial charge < -0.3 is 20.8 Å². The number of phenolic OH excluding ortho intramolecular Hbond substituents is 2. The van der Waals surface area contributed by atoms with Crippen molar-refractivity contribution in [2.75, 3.05) is 10.6 Å². The van der Waals surface area contributed by atoms with E-state index in [2.05, 4.69) is 10.6 Å². The largest absolute Gasteiger partial charge is 0.507 e. The van der Waals surface area contributed by atoms with E-state index in [4.69, 9.17) is 0 Å². The molecule has 0 aliphatic heterocycles. The summed E-state index contributed by atoms with van der Waals surface area (Å²) in [6, 6.07) is 10.8. The fraction of sp³-hybridized carbons (Fsp3) is 0.235. The van der Waals surface area contributed by atoms with E-state index in [0.717, 1.165) is 0 Å². The van der Waals surface area contributed by atoms with Gasteiger partial charge in [0.1, 0.15) is 26.2 Å². The highest BCUT2D eigenvalue weighted by Gasteiger charge is 2.41. The third-order valence-electron chi connectivity index (χ3n) is 8.43. The van der Waals surface area contributed by atoms with Crippen molar-refractivity contribution >= 4 is 64.7 Å². The molecule has 5 rings (SSSR count).